The fourth-order valence-corrected chi connectivity index (χ4v) is 5.76. The van der Waals surface area contributed by atoms with E-state index in [9.17, 15) is 14.4 Å². The molecule has 0 bridgehead atoms. The first-order valence-electron chi connectivity index (χ1n) is 13.3. The summed E-state index contributed by atoms with van der Waals surface area (Å²) in [7, 11) is 4.66. The molecule has 41 heavy (non-hydrogen) atoms. The van der Waals surface area contributed by atoms with Crippen LogP contribution in [0, 0.1) is 0 Å². The zero-order chi connectivity index (χ0) is 29.4. The van der Waals surface area contributed by atoms with E-state index >= 15 is 0 Å². The lowest BCUT2D eigenvalue weighted by Crippen LogP contribution is -2.32. The van der Waals surface area contributed by atoms with Crippen LogP contribution in [0.4, 0.5) is 5.69 Å². The predicted octanol–water partition coefficient (Wildman–Crippen LogP) is 4.18. The molecular formula is C31H35N3O6S. The van der Waals surface area contributed by atoms with Crippen LogP contribution in [-0.2, 0) is 16.0 Å². The number of aryl methyl sites for hydroxylation is 1. The Labute approximate surface area is 244 Å². The number of amides is 2. The third-order valence-electron chi connectivity index (χ3n) is 6.79. The van der Waals surface area contributed by atoms with Crippen molar-refractivity contribution in [2.24, 2.45) is 0 Å². The van der Waals surface area contributed by atoms with E-state index in [4.69, 9.17) is 14.2 Å². The summed E-state index contributed by atoms with van der Waals surface area (Å²) in [5.41, 5.74) is 3.07. The SMILES string of the molecule is COc1cc2c(c(OC)c1OC)-c1ccc(NCC(=O)NCCSc3ccccc3)c(=O)cc1[C@H](NC(C)=O)CC2. The number of methoxy groups -OCH3 is 3. The van der Waals surface area contributed by atoms with Gasteiger partial charge >= 0.3 is 0 Å². The highest BCUT2D eigenvalue weighted by Gasteiger charge is 2.29. The summed E-state index contributed by atoms with van der Waals surface area (Å²) < 4.78 is 17.0. The average molecular weight is 578 g/mol. The number of nitrogens with one attached hydrogen (secondary N) is 3. The van der Waals surface area contributed by atoms with Gasteiger partial charge in [0.05, 0.1) is 39.6 Å². The Kier molecular flexibility index (Phi) is 10.1. The van der Waals surface area contributed by atoms with Crippen molar-refractivity contribution >= 4 is 29.3 Å². The molecule has 3 aromatic carbocycles. The van der Waals surface area contributed by atoms with Gasteiger partial charge in [0.25, 0.3) is 0 Å². The van der Waals surface area contributed by atoms with Crippen LogP contribution >= 0.6 is 11.8 Å². The molecule has 1 aliphatic rings. The maximum Gasteiger partial charge on any atom is 0.239 e. The topological polar surface area (TPSA) is 115 Å². The van der Waals surface area contributed by atoms with Crippen molar-refractivity contribution in [3.63, 3.8) is 0 Å². The number of rotatable bonds is 11. The van der Waals surface area contributed by atoms with Crippen molar-refractivity contribution in [1.82, 2.24) is 10.6 Å². The van der Waals surface area contributed by atoms with Crippen LogP contribution in [-0.4, -0.2) is 52.0 Å². The zero-order valence-corrected chi connectivity index (χ0v) is 24.5. The molecule has 1 aliphatic carbocycles. The maximum absolute atomic E-state index is 13.4. The molecule has 216 valence electrons. The molecular weight excluding hydrogens is 542 g/mol. The number of fused-ring (bicyclic) bond motifs is 3. The normalized spacial score (nSPS) is 13.6. The summed E-state index contributed by atoms with van der Waals surface area (Å²) >= 11 is 1.66. The van der Waals surface area contributed by atoms with Crippen LogP contribution in [0.5, 0.6) is 17.2 Å². The van der Waals surface area contributed by atoms with Crippen molar-refractivity contribution in [2.45, 2.75) is 30.7 Å². The minimum Gasteiger partial charge on any atom is -0.493 e. The Morgan fingerprint density at radius 1 is 0.976 bits per heavy atom. The van der Waals surface area contributed by atoms with Gasteiger partial charge in [-0.15, -0.1) is 11.8 Å². The number of carbonyl (C=O) groups is 2. The maximum atomic E-state index is 13.4. The summed E-state index contributed by atoms with van der Waals surface area (Å²) in [5.74, 6) is 1.76. The molecule has 0 fully saturated rings. The summed E-state index contributed by atoms with van der Waals surface area (Å²) in [6.45, 7) is 1.90. The molecule has 9 nitrogen and oxygen atoms in total. The molecule has 3 N–H and O–H groups in total. The first-order chi connectivity index (χ1) is 19.9. The average Bonchev–Trinajstić information content (AvgIpc) is 3.21. The molecule has 0 heterocycles. The van der Waals surface area contributed by atoms with Gasteiger partial charge in [0, 0.05) is 29.7 Å². The number of benzene rings is 2. The van der Waals surface area contributed by atoms with Crippen LogP contribution in [0.25, 0.3) is 11.1 Å². The fraction of sp³-hybridized carbons (Fsp3) is 0.323. The lowest BCUT2D eigenvalue weighted by atomic mass is 9.95. The number of hydrogen-bond acceptors (Lipinski definition) is 8. The van der Waals surface area contributed by atoms with Crippen LogP contribution in [0.3, 0.4) is 0 Å². The highest BCUT2D eigenvalue weighted by atomic mass is 32.2. The quantitative estimate of drug-likeness (QED) is 0.230. The largest absolute Gasteiger partial charge is 0.493 e. The van der Waals surface area contributed by atoms with Crippen LogP contribution in [0.2, 0.25) is 0 Å². The van der Waals surface area contributed by atoms with Gasteiger partial charge in [-0.3, -0.25) is 14.4 Å². The first-order valence-corrected chi connectivity index (χ1v) is 14.3. The lowest BCUT2D eigenvalue weighted by molar-refractivity contribution is -0.120. The minimum atomic E-state index is -0.407. The summed E-state index contributed by atoms with van der Waals surface area (Å²) in [5, 5.41) is 8.86. The fourth-order valence-electron chi connectivity index (χ4n) is 4.97. The van der Waals surface area contributed by atoms with Crippen molar-refractivity contribution in [1.29, 1.82) is 0 Å². The third kappa shape index (κ3) is 7.13. The number of hydrogen-bond donors (Lipinski definition) is 3. The summed E-state index contributed by atoms with van der Waals surface area (Å²) in [6.07, 6.45) is 1.17. The van der Waals surface area contributed by atoms with Gasteiger partial charge in [0.1, 0.15) is 0 Å². The van der Waals surface area contributed by atoms with E-state index in [0.29, 0.717) is 42.2 Å². The first kappa shape index (κ1) is 29.8. The zero-order valence-electron chi connectivity index (χ0n) is 23.7. The number of carbonyl (C=O) groups excluding carboxylic acids is 2. The summed E-state index contributed by atoms with van der Waals surface area (Å²) in [4.78, 5) is 39.1. The van der Waals surface area contributed by atoms with Crippen LogP contribution in [0.1, 0.15) is 30.5 Å². The standard InChI is InChI=1S/C31H35N3O6S/c1-19(35)34-24-12-10-20-16-27(38-2)30(39-3)31(40-4)29(20)22-11-13-25(26(36)17-23(22)24)33-18-28(37)32-14-15-41-21-8-6-5-7-9-21/h5-9,11,13,16-17,24H,10,12,14-15,18H2,1-4H3,(H,32,37)(H,33,36)(H,34,35)/t24-/m1/s1. The monoisotopic (exact) mass is 577 g/mol. The third-order valence-corrected chi connectivity index (χ3v) is 7.81. The van der Waals surface area contributed by atoms with E-state index in [1.807, 2.05) is 42.5 Å². The molecule has 0 unspecified atom stereocenters. The molecule has 4 rings (SSSR count). The molecule has 2 amide bonds. The predicted molar refractivity (Wildman–Crippen MR) is 161 cm³/mol. The van der Waals surface area contributed by atoms with Crippen molar-refractivity contribution in [2.75, 3.05) is 45.5 Å². The second-order valence-corrected chi connectivity index (χ2v) is 10.6. The van der Waals surface area contributed by atoms with Crippen LogP contribution < -0.4 is 35.6 Å². The Balaban J connectivity index is 1.61. The molecule has 3 aromatic rings. The van der Waals surface area contributed by atoms with E-state index in [1.165, 1.54) is 13.0 Å². The molecule has 0 saturated heterocycles. The number of ether oxygens (including phenoxy) is 3. The van der Waals surface area contributed by atoms with Crippen molar-refractivity contribution in [3.05, 3.63) is 75.9 Å². The Hall–Kier alpha value is -4.18. The Morgan fingerprint density at radius 3 is 2.41 bits per heavy atom. The van der Waals surface area contributed by atoms with E-state index < -0.39 is 6.04 Å². The molecule has 0 aromatic heterocycles. The smallest absolute Gasteiger partial charge is 0.239 e. The molecule has 0 aliphatic heterocycles. The summed E-state index contributed by atoms with van der Waals surface area (Å²) in [6, 6.07) is 16.5. The van der Waals surface area contributed by atoms with Gasteiger partial charge in [-0.2, -0.15) is 0 Å². The van der Waals surface area contributed by atoms with Crippen molar-refractivity contribution < 1.29 is 23.8 Å². The Bertz CT molecular complexity index is 1460. The molecule has 1 atom stereocenters. The Morgan fingerprint density at radius 2 is 1.73 bits per heavy atom. The molecule has 0 spiro atoms. The van der Waals surface area contributed by atoms with E-state index in [0.717, 1.165) is 27.3 Å². The number of anilines is 1. The lowest BCUT2D eigenvalue weighted by Gasteiger charge is -2.19. The second kappa shape index (κ2) is 13.9. The second-order valence-electron chi connectivity index (χ2n) is 9.46. The minimum absolute atomic E-state index is 0.0556. The van der Waals surface area contributed by atoms with Gasteiger partial charge in [-0.1, -0.05) is 24.3 Å². The van der Waals surface area contributed by atoms with Crippen molar-refractivity contribution in [3.8, 4) is 28.4 Å². The highest BCUT2D eigenvalue weighted by molar-refractivity contribution is 7.99. The van der Waals surface area contributed by atoms with E-state index in [2.05, 4.69) is 16.0 Å². The van der Waals surface area contributed by atoms with Gasteiger partial charge in [0.15, 0.2) is 11.5 Å². The van der Waals surface area contributed by atoms with Gasteiger partial charge in [-0.05, 0) is 59.9 Å². The highest BCUT2D eigenvalue weighted by Crippen LogP contribution is 2.50. The molecule has 0 saturated carbocycles. The van der Waals surface area contributed by atoms with Gasteiger partial charge in [-0.25, -0.2) is 0 Å². The molecule has 10 heteroatoms. The van der Waals surface area contributed by atoms with Gasteiger partial charge < -0.3 is 30.2 Å². The van der Waals surface area contributed by atoms with E-state index in [-0.39, 0.29) is 29.5 Å². The number of thioether (sulfide) groups is 1. The molecule has 0 radical (unpaired) electrons. The van der Waals surface area contributed by atoms with Crippen LogP contribution in [0.15, 0.2) is 64.3 Å². The van der Waals surface area contributed by atoms with Gasteiger partial charge in [0.2, 0.25) is 23.0 Å². The van der Waals surface area contributed by atoms with E-state index in [1.54, 1.807) is 39.2 Å².